The first-order chi connectivity index (χ1) is 6.07. The molecule has 0 radical (unpaired) electrons. The van der Waals surface area contributed by atoms with Crippen LogP contribution in [0.25, 0.3) is 0 Å². The first-order valence-electron chi connectivity index (χ1n) is 4.32. The van der Waals surface area contributed by atoms with Gasteiger partial charge in [-0.1, -0.05) is 6.08 Å². The molecule has 0 aromatic carbocycles. The molecule has 3 amide bonds. The van der Waals surface area contributed by atoms with Gasteiger partial charge in [0.15, 0.2) is 0 Å². The minimum absolute atomic E-state index is 0.102. The molecule has 1 N–H and O–H groups in total. The van der Waals surface area contributed by atoms with E-state index in [4.69, 9.17) is 0 Å². The van der Waals surface area contributed by atoms with Crippen LogP contribution in [-0.2, 0) is 4.79 Å². The Morgan fingerprint density at radius 2 is 2.31 bits per heavy atom. The van der Waals surface area contributed by atoms with E-state index < -0.39 is 0 Å². The fourth-order valence-electron chi connectivity index (χ4n) is 1.39. The number of carbonyl (C=O) groups excluding carboxylic acids is 2. The van der Waals surface area contributed by atoms with Crippen molar-refractivity contribution < 1.29 is 9.59 Å². The number of amides is 3. The monoisotopic (exact) mass is 182 g/mol. The van der Waals surface area contributed by atoms with E-state index in [1.54, 1.807) is 13.0 Å². The zero-order chi connectivity index (χ0) is 10.0. The number of rotatable bonds is 3. The number of carbonyl (C=O) groups is 2. The number of nitrogens with one attached hydrogen (secondary N) is 1. The lowest BCUT2D eigenvalue weighted by Crippen LogP contribution is -2.38. The molecule has 1 aliphatic rings. The van der Waals surface area contributed by atoms with E-state index in [1.807, 2.05) is 6.92 Å². The van der Waals surface area contributed by atoms with Gasteiger partial charge in [-0.2, -0.15) is 0 Å². The van der Waals surface area contributed by atoms with Gasteiger partial charge in [-0.15, -0.1) is 6.58 Å². The van der Waals surface area contributed by atoms with E-state index in [-0.39, 0.29) is 24.0 Å². The molecular formula is C9H14N2O2. The van der Waals surface area contributed by atoms with Crippen molar-refractivity contribution in [2.24, 2.45) is 0 Å². The summed E-state index contributed by atoms with van der Waals surface area (Å²) in [6.45, 7) is 7.08. The first kappa shape index (κ1) is 9.77. The molecular weight excluding hydrogens is 168 g/mol. The van der Waals surface area contributed by atoms with Crippen LogP contribution in [0.2, 0.25) is 0 Å². The summed E-state index contributed by atoms with van der Waals surface area (Å²) in [5, 5.41) is 2.56. The topological polar surface area (TPSA) is 49.4 Å². The van der Waals surface area contributed by atoms with Crippen LogP contribution in [0.3, 0.4) is 0 Å². The van der Waals surface area contributed by atoms with Gasteiger partial charge >= 0.3 is 6.03 Å². The lowest BCUT2D eigenvalue weighted by atomic mass is 10.2. The van der Waals surface area contributed by atoms with E-state index in [1.165, 1.54) is 4.90 Å². The molecule has 0 saturated carbocycles. The highest BCUT2D eigenvalue weighted by Crippen LogP contribution is 2.12. The quantitative estimate of drug-likeness (QED) is 0.520. The number of hydrogen-bond donors (Lipinski definition) is 1. The molecule has 13 heavy (non-hydrogen) atoms. The maximum atomic E-state index is 11.4. The van der Waals surface area contributed by atoms with Crippen LogP contribution in [0.1, 0.15) is 20.3 Å². The van der Waals surface area contributed by atoms with E-state index >= 15 is 0 Å². The summed E-state index contributed by atoms with van der Waals surface area (Å²) >= 11 is 0. The molecule has 1 fully saturated rings. The van der Waals surface area contributed by atoms with Gasteiger partial charge in [-0.05, 0) is 20.3 Å². The summed E-state index contributed by atoms with van der Waals surface area (Å²) in [7, 11) is 0. The van der Waals surface area contributed by atoms with Crippen molar-refractivity contribution in [1.82, 2.24) is 10.2 Å². The lowest BCUT2D eigenvalue weighted by molar-refractivity contribution is -0.128. The van der Waals surface area contributed by atoms with Crippen molar-refractivity contribution in [3.8, 4) is 0 Å². The molecule has 1 saturated heterocycles. The average Bonchev–Trinajstić information content (AvgIpc) is 2.27. The summed E-state index contributed by atoms with van der Waals surface area (Å²) in [6, 6.07) is -0.790. The van der Waals surface area contributed by atoms with Gasteiger partial charge in [-0.25, -0.2) is 4.79 Å². The first-order valence-corrected chi connectivity index (χ1v) is 4.32. The van der Waals surface area contributed by atoms with Crippen LogP contribution in [0.15, 0.2) is 12.7 Å². The summed E-state index contributed by atoms with van der Waals surface area (Å²) in [5.41, 5.74) is 0. The summed E-state index contributed by atoms with van der Waals surface area (Å²) in [4.78, 5) is 24.0. The maximum absolute atomic E-state index is 11.4. The molecule has 0 bridgehead atoms. The standard InChI is InChI=1S/C9H14N2O2/c1-4-5-6(2)11-8(12)7(3)10-9(11)13/h4,6-7H,1,5H2,2-3H3,(H,10,13)/t6?,7-/m1/s1. The van der Waals surface area contributed by atoms with Gasteiger partial charge in [-0.3, -0.25) is 9.69 Å². The third-order valence-electron chi connectivity index (χ3n) is 2.12. The highest BCUT2D eigenvalue weighted by molar-refractivity contribution is 6.04. The molecule has 0 aromatic rings. The van der Waals surface area contributed by atoms with Crippen LogP contribution < -0.4 is 5.32 Å². The fraction of sp³-hybridized carbons (Fsp3) is 0.556. The Morgan fingerprint density at radius 3 is 2.69 bits per heavy atom. The van der Waals surface area contributed by atoms with E-state index in [9.17, 15) is 9.59 Å². The smallest absolute Gasteiger partial charge is 0.325 e. The Hall–Kier alpha value is -1.32. The number of imide groups is 1. The maximum Gasteiger partial charge on any atom is 0.325 e. The Labute approximate surface area is 77.6 Å². The second-order valence-corrected chi connectivity index (χ2v) is 3.25. The molecule has 0 aromatic heterocycles. The third-order valence-corrected chi connectivity index (χ3v) is 2.12. The molecule has 0 spiro atoms. The van der Waals surface area contributed by atoms with Crippen LogP contribution in [0.4, 0.5) is 4.79 Å². The van der Waals surface area contributed by atoms with Crippen molar-refractivity contribution in [3.63, 3.8) is 0 Å². The Kier molecular flexibility index (Phi) is 2.70. The van der Waals surface area contributed by atoms with Gasteiger partial charge in [0.2, 0.25) is 0 Å². The highest BCUT2D eigenvalue weighted by atomic mass is 16.2. The molecule has 4 nitrogen and oxygen atoms in total. The van der Waals surface area contributed by atoms with Crippen LogP contribution in [-0.4, -0.2) is 28.9 Å². The Morgan fingerprint density at radius 1 is 1.69 bits per heavy atom. The molecule has 4 heteroatoms. The van der Waals surface area contributed by atoms with E-state index in [2.05, 4.69) is 11.9 Å². The summed E-state index contributed by atoms with van der Waals surface area (Å²) < 4.78 is 0. The van der Waals surface area contributed by atoms with Gasteiger partial charge in [0.25, 0.3) is 5.91 Å². The zero-order valence-electron chi connectivity index (χ0n) is 7.91. The van der Waals surface area contributed by atoms with Crippen molar-refractivity contribution in [2.75, 3.05) is 0 Å². The van der Waals surface area contributed by atoms with E-state index in [0.29, 0.717) is 6.42 Å². The summed E-state index contributed by atoms with van der Waals surface area (Å²) in [5.74, 6) is -0.153. The van der Waals surface area contributed by atoms with Gasteiger partial charge in [0.1, 0.15) is 6.04 Å². The molecule has 1 aliphatic heterocycles. The second-order valence-electron chi connectivity index (χ2n) is 3.25. The third kappa shape index (κ3) is 1.71. The second kappa shape index (κ2) is 3.60. The molecule has 0 aliphatic carbocycles. The fourth-order valence-corrected chi connectivity index (χ4v) is 1.39. The predicted octanol–water partition coefficient (Wildman–Crippen LogP) is 0.891. The normalized spacial score (nSPS) is 24.5. The lowest BCUT2D eigenvalue weighted by Gasteiger charge is -2.19. The van der Waals surface area contributed by atoms with Crippen LogP contribution in [0, 0.1) is 0 Å². The van der Waals surface area contributed by atoms with Crippen LogP contribution in [0.5, 0.6) is 0 Å². The predicted molar refractivity (Wildman–Crippen MR) is 49.1 cm³/mol. The van der Waals surface area contributed by atoms with Gasteiger partial charge < -0.3 is 5.32 Å². The zero-order valence-corrected chi connectivity index (χ0v) is 7.91. The molecule has 1 heterocycles. The largest absolute Gasteiger partial charge is 0.326 e. The van der Waals surface area contributed by atoms with Crippen molar-refractivity contribution in [1.29, 1.82) is 0 Å². The minimum atomic E-state index is -0.389. The SMILES string of the molecule is C=CCC(C)N1C(=O)N[C@H](C)C1=O. The number of nitrogens with zero attached hydrogens (tertiary/aromatic N) is 1. The van der Waals surface area contributed by atoms with Crippen LogP contribution >= 0.6 is 0 Å². The number of urea groups is 1. The average molecular weight is 182 g/mol. The van der Waals surface area contributed by atoms with E-state index in [0.717, 1.165) is 0 Å². The van der Waals surface area contributed by atoms with Crippen molar-refractivity contribution in [3.05, 3.63) is 12.7 Å². The molecule has 72 valence electrons. The Balaban J connectivity index is 2.73. The molecule has 1 rings (SSSR count). The number of hydrogen-bond acceptors (Lipinski definition) is 2. The minimum Gasteiger partial charge on any atom is -0.326 e. The molecule has 2 atom stereocenters. The molecule has 1 unspecified atom stereocenters. The van der Waals surface area contributed by atoms with Crippen molar-refractivity contribution in [2.45, 2.75) is 32.4 Å². The van der Waals surface area contributed by atoms with Crippen molar-refractivity contribution >= 4 is 11.9 Å². The highest BCUT2D eigenvalue weighted by Gasteiger charge is 2.37. The Bertz CT molecular complexity index is 250. The van der Waals surface area contributed by atoms with Gasteiger partial charge in [0, 0.05) is 6.04 Å². The van der Waals surface area contributed by atoms with Gasteiger partial charge in [0.05, 0.1) is 0 Å². The summed E-state index contributed by atoms with van der Waals surface area (Å²) in [6.07, 6.45) is 2.33.